The smallest absolute Gasteiger partial charge is 0.134 e. The molecule has 0 saturated carbocycles. The van der Waals surface area contributed by atoms with E-state index in [-0.39, 0.29) is 11.9 Å². The minimum atomic E-state index is -0.809. The molecule has 0 spiro atoms. The molecule has 2 unspecified atom stereocenters. The number of nitrogens with one attached hydrogen (secondary N) is 1. The van der Waals surface area contributed by atoms with Crippen molar-refractivity contribution in [1.82, 2.24) is 5.32 Å². The summed E-state index contributed by atoms with van der Waals surface area (Å²) in [6.45, 7) is 2.57. The van der Waals surface area contributed by atoms with Crippen LogP contribution in [0.5, 0.6) is 0 Å². The summed E-state index contributed by atoms with van der Waals surface area (Å²) in [7, 11) is -0.809. The van der Waals surface area contributed by atoms with E-state index in [1.165, 1.54) is 12.1 Å². The Morgan fingerprint density at radius 1 is 1.25 bits per heavy atom. The maximum absolute atomic E-state index is 12.9. The summed E-state index contributed by atoms with van der Waals surface area (Å²) >= 11 is 0. The molecule has 0 amide bonds. The molecule has 0 fully saturated rings. The highest BCUT2D eigenvalue weighted by Gasteiger charge is 2.07. The van der Waals surface area contributed by atoms with Crippen molar-refractivity contribution in [2.45, 2.75) is 19.5 Å². The molecule has 0 aliphatic rings. The van der Waals surface area contributed by atoms with Crippen LogP contribution in [0.2, 0.25) is 0 Å². The van der Waals surface area contributed by atoms with Gasteiger partial charge in [-0.05, 0) is 43.3 Å². The fraction of sp³-hybridized carbons (Fsp3) is 0.333. The first-order valence-corrected chi connectivity index (χ1v) is 8.15. The zero-order chi connectivity index (χ0) is 14.5. The summed E-state index contributed by atoms with van der Waals surface area (Å²) in [6.07, 6.45) is 1.69. The predicted octanol–water partition coefficient (Wildman–Crippen LogP) is 2.94. The van der Waals surface area contributed by atoms with Crippen LogP contribution in [0.1, 0.15) is 12.7 Å². The molecule has 0 bridgehead atoms. The second kappa shape index (κ2) is 6.81. The van der Waals surface area contributed by atoms with Gasteiger partial charge >= 0.3 is 0 Å². The Morgan fingerprint density at radius 2 is 1.95 bits per heavy atom. The average molecular weight is 295 g/mol. The van der Waals surface area contributed by atoms with Gasteiger partial charge < -0.3 is 9.73 Å². The van der Waals surface area contributed by atoms with Gasteiger partial charge in [0.25, 0.3) is 0 Å². The lowest BCUT2D eigenvalue weighted by atomic mass is 10.2. The SMILES string of the molecule is CC(CS(C)=O)NCc1ccc(-c2ccc(F)cc2)o1. The van der Waals surface area contributed by atoms with Crippen LogP contribution in [0.25, 0.3) is 11.3 Å². The van der Waals surface area contributed by atoms with Gasteiger partial charge in [0.05, 0.1) is 6.54 Å². The monoisotopic (exact) mass is 295 g/mol. The van der Waals surface area contributed by atoms with Crippen molar-refractivity contribution in [3.05, 3.63) is 48.0 Å². The Balaban J connectivity index is 1.95. The van der Waals surface area contributed by atoms with Crippen LogP contribution in [-0.2, 0) is 17.3 Å². The number of hydrogen-bond acceptors (Lipinski definition) is 3. The Morgan fingerprint density at radius 3 is 2.60 bits per heavy atom. The van der Waals surface area contributed by atoms with Crippen molar-refractivity contribution >= 4 is 10.8 Å². The molecule has 1 N–H and O–H groups in total. The van der Waals surface area contributed by atoms with E-state index in [1.807, 2.05) is 19.1 Å². The molecule has 108 valence electrons. The summed E-state index contributed by atoms with van der Waals surface area (Å²) in [4.78, 5) is 0. The summed E-state index contributed by atoms with van der Waals surface area (Å²) < 4.78 is 29.7. The van der Waals surface area contributed by atoms with E-state index >= 15 is 0 Å². The summed E-state index contributed by atoms with van der Waals surface area (Å²) in [5, 5.41) is 3.26. The standard InChI is InChI=1S/C15H18FNO2S/c1-11(10-20(2)18)17-9-14-7-8-15(19-14)12-3-5-13(16)6-4-12/h3-8,11,17H,9-10H2,1-2H3. The molecular weight excluding hydrogens is 277 g/mol. The molecule has 2 rings (SSSR count). The molecule has 0 saturated heterocycles. The lowest BCUT2D eigenvalue weighted by molar-refractivity contribution is 0.474. The number of rotatable bonds is 6. The molecule has 1 heterocycles. The Hall–Kier alpha value is -1.46. The van der Waals surface area contributed by atoms with Crippen LogP contribution >= 0.6 is 0 Å². The summed E-state index contributed by atoms with van der Waals surface area (Å²) in [5.74, 6) is 1.88. The van der Waals surface area contributed by atoms with Gasteiger partial charge in [-0.3, -0.25) is 4.21 Å². The van der Waals surface area contributed by atoms with Crippen molar-refractivity contribution in [2.75, 3.05) is 12.0 Å². The van der Waals surface area contributed by atoms with Gasteiger partial charge in [-0.15, -0.1) is 0 Å². The van der Waals surface area contributed by atoms with Crippen molar-refractivity contribution < 1.29 is 13.0 Å². The van der Waals surface area contributed by atoms with Gasteiger partial charge in [-0.1, -0.05) is 0 Å². The van der Waals surface area contributed by atoms with Crippen LogP contribution < -0.4 is 5.32 Å². The van der Waals surface area contributed by atoms with Crippen molar-refractivity contribution in [3.8, 4) is 11.3 Å². The molecular formula is C15H18FNO2S. The van der Waals surface area contributed by atoms with Gasteiger partial charge in [0.1, 0.15) is 17.3 Å². The summed E-state index contributed by atoms with van der Waals surface area (Å²) in [6, 6.07) is 10.1. The van der Waals surface area contributed by atoms with Gasteiger partial charge in [-0.25, -0.2) is 4.39 Å². The quantitative estimate of drug-likeness (QED) is 0.891. The molecule has 1 aromatic heterocycles. The van der Waals surface area contributed by atoms with Crippen LogP contribution in [0, 0.1) is 5.82 Å². The highest BCUT2D eigenvalue weighted by molar-refractivity contribution is 7.84. The topological polar surface area (TPSA) is 42.2 Å². The fourth-order valence-electron chi connectivity index (χ4n) is 1.93. The van der Waals surface area contributed by atoms with Crippen LogP contribution in [0.3, 0.4) is 0 Å². The molecule has 2 atom stereocenters. The minimum Gasteiger partial charge on any atom is -0.460 e. The highest BCUT2D eigenvalue weighted by Crippen LogP contribution is 2.22. The first kappa shape index (κ1) is 14.9. The maximum atomic E-state index is 12.9. The van der Waals surface area contributed by atoms with E-state index in [0.29, 0.717) is 18.1 Å². The van der Waals surface area contributed by atoms with Crippen LogP contribution in [0.15, 0.2) is 40.8 Å². The van der Waals surface area contributed by atoms with Crippen molar-refractivity contribution in [1.29, 1.82) is 0 Å². The lowest BCUT2D eigenvalue weighted by Gasteiger charge is -2.10. The van der Waals surface area contributed by atoms with Gasteiger partial charge in [0.2, 0.25) is 0 Å². The third-order valence-electron chi connectivity index (χ3n) is 2.90. The molecule has 20 heavy (non-hydrogen) atoms. The van der Waals surface area contributed by atoms with E-state index in [1.54, 1.807) is 18.4 Å². The minimum absolute atomic E-state index is 0.167. The zero-order valence-corrected chi connectivity index (χ0v) is 12.4. The molecule has 0 aliphatic heterocycles. The summed E-state index contributed by atoms with van der Waals surface area (Å²) in [5.41, 5.74) is 0.848. The van der Waals surface area contributed by atoms with E-state index in [4.69, 9.17) is 4.42 Å². The third-order valence-corrected chi connectivity index (χ3v) is 3.87. The number of halogens is 1. The van der Waals surface area contributed by atoms with Gasteiger partial charge in [0, 0.05) is 34.4 Å². The van der Waals surface area contributed by atoms with E-state index in [9.17, 15) is 8.60 Å². The Kier molecular flexibility index (Phi) is 5.09. The second-order valence-corrected chi connectivity index (χ2v) is 6.27. The Bertz CT molecular complexity index is 580. The average Bonchev–Trinajstić information content (AvgIpc) is 2.85. The van der Waals surface area contributed by atoms with Crippen molar-refractivity contribution in [2.24, 2.45) is 0 Å². The number of hydrogen-bond donors (Lipinski definition) is 1. The maximum Gasteiger partial charge on any atom is 0.134 e. The molecule has 0 aliphatic carbocycles. The van der Waals surface area contributed by atoms with Crippen molar-refractivity contribution in [3.63, 3.8) is 0 Å². The third kappa shape index (κ3) is 4.28. The molecule has 1 aromatic carbocycles. The highest BCUT2D eigenvalue weighted by atomic mass is 32.2. The Labute approximate surface area is 120 Å². The van der Waals surface area contributed by atoms with Gasteiger partial charge in [0.15, 0.2) is 0 Å². The largest absolute Gasteiger partial charge is 0.460 e. The first-order chi connectivity index (χ1) is 9.54. The lowest BCUT2D eigenvalue weighted by Crippen LogP contribution is -2.30. The first-order valence-electron chi connectivity index (χ1n) is 6.42. The molecule has 3 nitrogen and oxygen atoms in total. The van der Waals surface area contributed by atoms with Crippen LogP contribution in [0.4, 0.5) is 4.39 Å². The van der Waals surface area contributed by atoms with E-state index in [0.717, 1.165) is 11.3 Å². The molecule has 2 aromatic rings. The molecule has 0 radical (unpaired) electrons. The second-order valence-electron chi connectivity index (χ2n) is 4.79. The number of furan rings is 1. The zero-order valence-electron chi connectivity index (χ0n) is 11.6. The van der Waals surface area contributed by atoms with Crippen LogP contribution in [-0.4, -0.2) is 22.3 Å². The fourth-order valence-corrected chi connectivity index (χ4v) is 2.75. The van der Waals surface area contributed by atoms with E-state index in [2.05, 4.69) is 5.32 Å². The predicted molar refractivity (Wildman–Crippen MR) is 79.3 cm³/mol. The molecule has 5 heteroatoms. The van der Waals surface area contributed by atoms with Gasteiger partial charge in [-0.2, -0.15) is 0 Å². The number of benzene rings is 1. The normalized spacial score (nSPS) is 14.2. The van der Waals surface area contributed by atoms with E-state index < -0.39 is 10.8 Å².